The molecular formula is C21H24ClN5O. The van der Waals surface area contributed by atoms with Crippen LogP contribution in [0.15, 0.2) is 48.5 Å². The summed E-state index contributed by atoms with van der Waals surface area (Å²) in [6.45, 7) is 5.56. The molecule has 4 rings (SSSR count). The number of carbonyl (C=O) groups excluding carboxylic acids is 1. The van der Waals surface area contributed by atoms with Gasteiger partial charge in [0.1, 0.15) is 0 Å². The molecule has 3 aromatic rings. The van der Waals surface area contributed by atoms with Crippen LogP contribution in [0.25, 0.3) is 10.9 Å². The van der Waals surface area contributed by atoms with Gasteiger partial charge in [-0.3, -0.25) is 14.8 Å². The Labute approximate surface area is 169 Å². The Balaban J connectivity index is 1.20. The highest BCUT2D eigenvalue weighted by atomic mass is 35.5. The van der Waals surface area contributed by atoms with Crippen molar-refractivity contribution in [3.05, 3.63) is 59.2 Å². The third kappa shape index (κ3) is 4.13. The van der Waals surface area contributed by atoms with Crippen LogP contribution in [0.2, 0.25) is 5.02 Å². The summed E-state index contributed by atoms with van der Waals surface area (Å²) >= 11 is 6.30. The summed E-state index contributed by atoms with van der Waals surface area (Å²) in [5, 5.41) is 11.7. The molecule has 0 spiro atoms. The summed E-state index contributed by atoms with van der Waals surface area (Å²) in [6.07, 6.45) is 0.917. The maximum Gasteiger partial charge on any atom is 0.272 e. The van der Waals surface area contributed by atoms with E-state index in [4.69, 9.17) is 11.6 Å². The van der Waals surface area contributed by atoms with Crippen LogP contribution in [-0.4, -0.2) is 60.3 Å². The Kier molecular flexibility index (Phi) is 5.78. The number of amides is 1. The number of H-pyrrole nitrogens is 1. The van der Waals surface area contributed by atoms with Crippen LogP contribution in [0.5, 0.6) is 0 Å². The summed E-state index contributed by atoms with van der Waals surface area (Å²) in [6, 6.07) is 15.7. The molecule has 0 radical (unpaired) electrons. The van der Waals surface area contributed by atoms with Gasteiger partial charge in [0.2, 0.25) is 0 Å². The highest BCUT2D eigenvalue weighted by Gasteiger charge is 2.18. The summed E-state index contributed by atoms with van der Waals surface area (Å²) in [5.41, 5.74) is 2.45. The second-order valence-electron chi connectivity index (χ2n) is 7.01. The molecule has 6 nitrogen and oxygen atoms in total. The first kappa shape index (κ1) is 18.8. The van der Waals surface area contributed by atoms with Crippen LogP contribution >= 0.6 is 11.6 Å². The molecule has 2 heterocycles. The van der Waals surface area contributed by atoms with E-state index < -0.39 is 0 Å². The van der Waals surface area contributed by atoms with Gasteiger partial charge < -0.3 is 10.2 Å². The Morgan fingerprint density at radius 3 is 2.64 bits per heavy atom. The molecule has 1 aromatic heterocycles. The molecule has 28 heavy (non-hydrogen) atoms. The summed E-state index contributed by atoms with van der Waals surface area (Å²) < 4.78 is 0. The maximum absolute atomic E-state index is 12.4. The van der Waals surface area contributed by atoms with Crippen LogP contribution in [0.4, 0.5) is 5.69 Å². The number of piperazine rings is 1. The van der Waals surface area contributed by atoms with Gasteiger partial charge in [0.15, 0.2) is 5.69 Å². The van der Waals surface area contributed by atoms with Crippen molar-refractivity contribution in [3.63, 3.8) is 0 Å². The largest absolute Gasteiger partial charge is 0.368 e. The van der Waals surface area contributed by atoms with Crippen molar-refractivity contribution < 1.29 is 4.79 Å². The first-order valence-corrected chi connectivity index (χ1v) is 10.0. The van der Waals surface area contributed by atoms with Crippen LogP contribution in [0.3, 0.4) is 0 Å². The fourth-order valence-electron chi connectivity index (χ4n) is 3.65. The van der Waals surface area contributed by atoms with Gasteiger partial charge in [0.05, 0.1) is 16.2 Å². The van der Waals surface area contributed by atoms with Crippen LogP contribution in [0.1, 0.15) is 16.9 Å². The number of aromatic nitrogens is 2. The van der Waals surface area contributed by atoms with E-state index in [0.29, 0.717) is 12.2 Å². The fraction of sp³-hybridized carbons (Fsp3) is 0.333. The van der Waals surface area contributed by atoms with Gasteiger partial charge in [0.25, 0.3) is 5.91 Å². The fourth-order valence-corrected chi connectivity index (χ4v) is 3.90. The minimum Gasteiger partial charge on any atom is -0.368 e. The SMILES string of the molecule is O=C(NCCCN1CCN(c2ccccc2Cl)CC1)c1n[nH]c2ccccc12. The zero-order chi connectivity index (χ0) is 19.3. The molecular weight excluding hydrogens is 374 g/mol. The summed E-state index contributed by atoms with van der Waals surface area (Å²) in [4.78, 5) is 17.1. The number of carbonyl (C=O) groups is 1. The lowest BCUT2D eigenvalue weighted by atomic mass is 10.2. The van der Waals surface area contributed by atoms with Gasteiger partial charge >= 0.3 is 0 Å². The van der Waals surface area contributed by atoms with Crippen LogP contribution < -0.4 is 10.2 Å². The van der Waals surface area contributed by atoms with E-state index >= 15 is 0 Å². The van der Waals surface area contributed by atoms with Crippen molar-refractivity contribution >= 4 is 34.1 Å². The molecule has 1 amide bonds. The molecule has 7 heteroatoms. The van der Waals surface area contributed by atoms with Crippen molar-refractivity contribution in [2.75, 3.05) is 44.2 Å². The van der Waals surface area contributed by atoms with Crippen molar-refractivity contribution in [3.8, 4) is 0 Å². The minimum absolute atomic E-state index is 0.124. The Hall–Kier alpha value is -2.57. The first-order valence-electron chi connectivity index (χ1n) is 9.65. The number of para-hydroxylation sites is 2. The molecule has 0 saturated carbocycles. The smallest absolute Gasteiger partial charge is 0.272 e. The van der Waals surface area contributed by atoms with Crippen molar-refractivity contribution in [2.24, 2.45) is 0 Å². The van der Waals surface area contributed by atoms with E-state index in [1.165, 1.54) is 0 Å². The number of nitrogens with zero attached hydrogens (tertiary/aromatic N) is 3. The lowest BCUT2D eigenvalue weighted by Crippen LogP contribution is -2.47. The van der Waals surface area contributed by atoms with E-state index in [1.807, 2.05) is 42.5 Å². The van der Waals surface area contributed by atoms with Crippen LogP contribution in [-0.2, 0) is 0 Å². The van der Waals surface area contributed by atoms with Gasteiger partial charge in [-0.15, -0.1) is 0 Å². The van der Waals surface area contributed by atoms with Crippen molar-refractivity contribution in [2.45, 2.75) is 6.42 Å². The molecule has 0 unspecified atom stereocenters. The van der Waals surface area contributed by atoms with Gasteiger partial charge in [-0.1, -0.05) is 41.9 Å². The van der Waals surface area contributed by atoms with Gasteiger partial charge in [-0.2, -0.15) is 5.10 Å². The zero-order valence-electron chi connectivity index (χ0n) is 15.7. The molecule has 2 N–H and O–H groups in total. The van der Waals surface area contributed by atoms with E-state index in [1.54, 1.807) is 0 Å². The average molecular weight is 398 g/mol. The highest BCUT2D eigenvalue weighted by molar-refractivity contribution is 6.33. The van der Waals surface area contributed by atoms with Gasteiger partial charge in [0, 0.05) is 38.1 Å². The molecule has 1 aliphatic rings. The molecule has 0 aliphatic carbocycles. The van der Waals surface area contributed by atoms with Gasteiger partial charge in [-0.25, -0.2) is 0 Å². The second-order valence-corrected chi connectivity index (χ2v) is 7.41. The monoisotopic (exact) mass is 397 g/mol. The predicted octanol–water partition coefficient (Wildman–Crippen LogP) is 3.16. The van der Waals surface area contributed by atoms with E-state index in [9.17, 15) is 4.79 Å². The number of hydrogen-bond acceptors (Lipinski definition) is 4. The molecule has 2 aromatic carbocycles. The molecule has 1 fully saturated rings. The number of fused-ring (bicyclic) bond motifs is 1. The van der Waals surface area contributed by atoms with Crippen molar-refractivity contribution in [1.82, 2.24) is 20.4 Å². The van der Waals surface area contributed by atoms with E-state index in [0.717, 1.165) is 60.8 Å². The van der Waals surface area contributed by atoms with Crippen molar-refractivity contribution in [1.29, 1.82) is 0 Å². The number of hydrogen-bond donors (Lipinski definition) is 2. The Morgan fingerprint density at radius 2 is 1.82 bits per heavy atom. The van der Waals surface area contributed by atoms with Crippen LogP contribution in [0, 0.1) is 0 Å². The lowest BCUT2D eigenvalue weighted by Gasteiger charge is -2.36. The predicted molar refractivity (Wildman–Crippen MR) is 113 cm³/mol. The molecule has 1 aliphatic heterocycles. The molecule has 0 atom stereocenters. The molecule has 0 bridgehead atoms. The lowest BCUT2D eigenvalue weighted by molar-refractivity contribution is 0.0948. The standard InChI is InChI=1S/C21H24ClN5O/c22-17-7-2-4-9-19(17)27-14-12-26(13-15-27)11-5-10-23-21(28)20-16-6-1-3-8-18(16)24-25-20/h1-4,6-9H,5,10-15H2,(H,23,28)(H,24,25). The Morgan fingerprint density at radius 1 is 1.07 bits per heavy atom. The van der Waals surface area contributed by atoms with Gasteiger partial charge in [-0.05, 0) is 31.2 Å². The highest BCUT2D eigenvalue weighted by Crippen LogP contribution is 2.26. The number of benzene rings is 2. The Bertz CT molecular complexity index is 949. The normalized spacial score (nSPS) is 15.1. The van der Waals surface area contributed by atoms with E-state index in [-0.39, 0.29) is 5.91 Å². The quantitative estimate of drug-likeness (QED) is 0.627. The molecule has 146 valence electrons. The first-order chi connectivity index (χ1) is 13.7. The second kappa shape index (κ2) is 8.63. The number of anilines is 1. The minimum atomic E-state index is -0.124. The van der Waals surface area contributed by atoms with E-state index in [2.05, 4.69) is 31.4 Å². The molecule has 1 saturated heterocycles. The zero-order valence-corrected chi connectivity index (χ0v) is 16.5. The number of halogens is 1. The number of aromatic amines is 1. The third-order valence-corrected chi connectivity index (χ3v) is 5.51. The summed E-state index contributed by atoms with van der Waals surface area (Å²) in [7, 11) is 0. The topological polar surface area (TPSA) is 64.3 Å². The third-order valence-electron chi connectivity index (χ3n) is 5.19. The maximum atomic E-state index is 12.4. The average Bonchev–Trinajstić information content (AvgIpc) is 3.16. The number of rotatable bonds is 6. The number of nitrogens with one attached hydrogen (secondary N) is 2. The summed E-state index contributed by atoms with van der Waals surface area (Å²) in [5.74, 6) is -0.124.